The van der Waals surface area contributed by atoms with E-state index < -0.39 is 15.8 Å². The van der Waals surface area contributed by atoms with Crippen LogP contribution in [0.3, 0.4) is 0 Å². The van der Waals surface area contributed by atoms with E-state index in [2.05, 4.69) is 0 Å². The first-order valence-electron chi connectivity index (χ1n) is 5.32. The minimum Gasteiger partial charge on any atom is -0.478 e. The van der Waals surface area contributed by atoms with E-state index in [0.717, 1.165) is 6.07 Å². The molecule has 0 atom stereocenters. The van der Waals surface area contributed by atoms with Crippen molar-refractivity contribution in [2.75, 3.05) is 25.6 Å². The zero-order chi connectivity index (χ0) is 14.5. The molecule has 2 N–H and O–H groups in total. The predicted octanol–water partition coefficient (Wildman–Crippen LogP) is 0.821. The number of carbonyl (C=O) groups is 1. The summed E-state index contributed by atoms with van der Waals surface area (Å²) in [7, 11) is -3.64. The second-order valence-corrected chi connectivity index (χ2v) is 6.12. The van der Waals surface area contributed by atoms with Crippen LogP contribution in [0.5, 0.6) is 0 Å². The lowest BCUT2D eigenvalue weighted by Crippen LogP contribution is -2.14. The lowest BCUT2D eigenvalue weighted by atomic mass is 10.2. The molecule has 106 valence electrons. The van der Waals surface area contributed by atoms with Crippen molar-refractivity contribution in [3.05, 3.63) is 28.8 Å². The van der Waals surface area contributed by atoms with Crippen LogP contribution in [0.2, 0.25) is 5.02 Å². The highest BCUT2D eigenvalue weighted by molar-refractivity contribution is 7.91. The van der Waals surface area contributed by atoms with Crippen LogP contribution in [0, 0.1) is 0 Å². The van der Waals surface area contributed by atoms with Crippen molar-refractivity contribution in [2.24, 2.45) is 0 Å². The van der Waals surface area contributed by atoms with Crippen LogP contribution in [0.15, 0.2) is 23.1 Å². The molecular weight excluding hydrogens is 296 g/mol. The molecule has 8 heteroatoms. The van der Waals surface area contributed by atoms with Crippen molar-refractivity contribution >= 4 is 27.4 Å². The molecule has 1 aromatic carbocycles. The number of rotatable bonds is 7. The predicted molar refractivity (Wildman–Crippen MR) is 68.4 cm³/mol. The summed E-state index contributed by atoms with van der Waals surface area (Å²) in [6.45, 7) is -0.214. The number of carboxylic acids is 1. The summed E-state index contributed by atoms with van der Waals surface area (Å²) in [6, 6.07) is 3.49. The Morgan fingerprint density at radius 1 is 1.32 bits per heavy atom. The fourth-order valence-corrected chi connectivity index (χ4v) is 2.66. The highest BCUT2D eigenvalue weighted by atomic mass is 35.5. The molecule has 0 bridgehead atoms. The molecule has 0 fully saturated rings. The summed E-state index contributed by atoms with van der Waals surface area (Å²) in [5.41, 5.74) is -0.265. The van der Waals surface area contributed by atoms with Gasteiger partial charge in [-0.3, -0.25) is 0 Å². The highest BCUT2D eigenvalue weighted by Crippen LogP contribution is 2.21. The number of hydrogen-bond acceptors (Lipinski definition) is 5. The van der Waals surface area contributed by atoms with Gasteiger partial charge in [0.05, 0.1) is 41.1 Å². The van der Waals surface area contributed by atoms with Gasteiger partial charge in [0.15, 0.2) is 9.84 Å². The van der Waals surface area contributed by atoms with E-state index in [1.165, 1.54) is 12.1 Å². The Morgan fingerprint density at radius 2 is 2.00 bits per heavy atom. The smallest absolute Gasteiger partial charge is 0.337 e. The van der Waals surface area contributed by atoms with E-state index in [1.54, 1.807) is 0 Å². The number of halogens is 1. The molecule has 0 unspecified atom stereocenters. The van der Waals surface area contributed by atoms with E-state index in [4.69, 9.17) is 26.6 Å². The zero-order valence-corrected chi connectivity index (χ0v) is 11.4. The Labute approximate surface area is 115 Å². The number of benzene rings is 1. The second kappa shape index (κ2) is 6.85. The minimum absolute atomic E-state index is 0.0250. The van der Waals surface area contributed by atoms with E-state index in [1.807, 2.05) is 0 Å². The van der Waals surface area contributed by atoms with Gasteiger partial charge >= 0.3 is 5.97 Å². The van der Waals surface area contributed by atoms with Crippen molar-refractivity contribution in [1.29, 1.82) is 0 Å². The van der Waals surface area contributed by atoms with Crippen LogP contribution >= 0.6 is 11.6 Å². The Bertz CT molecular complexity index is 554. The third-order valence-corrected chi connectivity index (χ3v) is 4.27. The van der Waals surface area contributed by atoms with Crippen LogP contribution in [-0.4, -0.2) is 50.2 Å². The van der Waals surface area contributed by atoms with Crippen LogP contribution in [0.25, 0.3) is 0 Å². The quantitative estimate of drug-likeness (QED) is 0.723. The summed E-state index contributed by atoms with van der Waals surface area (Å²) >= 11 is 5.66. The van der Waals surface area contributed by atoms with Crippen LogP contribution in [0.4, 0.5) is 0 Å². The maximum absolute atomic E-state index is 11.9. The van der Waals surface area contributed by atoms with Crippen molar-refractivity contribution < 1.29 is 28.2 Å². The molecule has 0 spiro atoms. The summed E-state index contributed by atoms with van der Waals surface area (Å²) in [6.07, 6.45) is 0. The topological polar surface area (TPSA) is 101 Å². The van der Waals surface area contributed by atoms with Crippen LogP contribution in [0.1, 0.15) is 10.4 Å². The highest BCUT2D eigenvalue weighted by Gasteiger charge is 2.18. The van der Waals surface area contributed by atoms with E-state index in [9.17, 15) is 13.2 Å². The number of carboxylic acid groups (broad SMARTS) is 1. The lowest BCUT2D eigenvalue weighted by Gasteiger charge is -2.07. The van der Waals surface area contributed by atoms with Crippen molar-refractivity contribution in [3.8, 4) is 0 Å². The average molecular weight is 309 g/mol. The van der Waals surface area contributed by atoms with Crippen molar-refractivity contribution in [2.45, 2.75) is 4.90 Å². The number of sulfone groups is 1. The fraction of sp³-hybridized carbons (Fsp3) is 0.364. The van der Waals surface area contributed by atoms with Gasteiger partial charge in [0.2, 0.25) is 0 Å². The van der Waals surface area contributed by atoms with Crippen molar-refractivity contribution in [1.82, 2.24) is 0 Å². The number of aliphatic hydroxyl groups excluding tert-OH is 1. The number of ether oxygens (including phenoxy) is 1. The number of aliphatic hydroxyl groups is 1. The maximum Gasteiger partial charge on any atom is 0.337 e. The monoisotopic (exact) mass is 308 g/mol. The molecule has 0 aliphatic heterocycles. The van der Waals surface area contributed by atoms with E-state index in [0.29, 0.717) is 0 Å². The lowest BCUT2D eigenvalue weighted by molar-refractivity contribution is 0.0697. The Hall–Kier alpha value is -1.15. The molecule has 0 aliphatic carbocycles. The molecule has 1 aromatic rings. The van der Waals surface area contributed by atoms with Crippen LogP contribution < -0.4 is 0 Å². The van der Waals surface area contributed by atoms with Crippen molar-refractivity contribution in [3.63, 3.8) is 0 Å². The summed E-state index contributed by atoms with van der Waals surface area (Å²) in [4.78, 5) is 10.7. The van der Waals surface area contributed by atoms with Gasteiger partial charge < -0.3 is 14.9 Å². The Morgan fingerprint density at radius 3 is 2.58 bits per heavy atom. The average Bonchev–Trinajstić information content (AvgIpc) is 2.34. The summed E-state index contributed by atoms with van der Waals surface area (Å²) in [5, 5.41) is 17.3. The Kier molecular flexibility index (Phi) is 5.74. The normalized spacial score (nSPS) is 11.5. The van der Waals surface area contributed by atoms with Gasteiger partial charge in [-0.05, 0) is 18.2 Å². The molecule has 0 amide bonds. The van der Waals surface area contributed by atoms with Gasteiger partial charge in [-0.2, -0.15) is 0 Å². The van der Waals surface area contributed by atoms with Gasteiger partial charge in [-0.1, -0.05) is 11.6 Å². The maximum atomic E-state index is 11.9. The standard InChI is InChI=1S/C11H13ClO6S/c12-10-2-1-8(7-9(10)11(14)15)19(16,17)6-5-18-4-3-13/h1-2,7,13H,3-6H2,(H,14,15). The van der Waals surface area contributed by atoms with E-state index in [-0.39, 0.29) is 41.1 Å². The molecule has 0 heterocycles. The van der Waals surface area contributed by atoms with Gasteiger partial charge in [0.1, 0.15) is 0 Å². The van der Waals surface area contributed by atoms with Crippen LogP contribution in [-0.2, 0) is 14.6 Å². The molecule has 0 saturated heterocycles. The van der Waals surface area contributed by atoms with Gasteiger partial charge in [0, 0.05) is 0 Å². The molecule has 0 aromatic heterocycles. The molecule has 0 aliphatic rings. The molecule has 19 heavy (non-hydrogen) atoms. The molecule has 1 rings (SSSR count). The summed E-state index contributed by atoms with van der Waals surface area (Å²) < 4.78 is 28.7. The fourth-order valence-electron chi connectivity index (χ4n) is 1.31. The third-order valence-electron chi connectivity index (χ3n) is 2.26. The minimum atomic E-state index is -3.64. The SMILES string of the molecule is O=C(O)c1cc(S(=O)(=O)CCOCCO)ccc1Cl. The summed E-state index contributed by atoms with van der Waals surface area (Å²) in [5.74, 6) is -1.59. The third kappa shape index (κ3) is 4.46. The Balaban J connectivity index is 2.89. The molecule has 0 saturated carbocycles. The number of hydrogen-bond donors (Lipinski definition) is 2. The van der Waals surface area contributed by atoms with E-state index >= 15 is 0 Å². The number of aromatic carboxylic acids is 1. The molecule has 0 radical (unpaired) electrons. The largest absolute Gasteiger partial charge is 0.478 e. The second-order valence-electron chi connectivity index (χ2n) is 3.60. The van der Waals surface area contributed by atoms with Gasteiger partial charge in [-0.15, -0.1) is 0 Å². The zero-order valence-electron chi connectivity index (χ0n) is 9.87. The molecular formula is C11H13ClO6S. The first-order chi connectivity index (χ1) is 8.88. The first kappa shape index (κ1) is 15.9. The first-order valence-corrected chi connectivity index (χ1v) is 7.35. The van der Waals surface area contributed by atoms with Gasteiger partial charge in [0.25, 0.3) is 0 Å². The molecule has 6 nitrogen and oxygen atoms in total. The van der Waals surface area contributed by atoms with Gasteiger partial charge in [-0.25, -0.2) is 13.2 Å².